The Labute approximate surface area is 208 Å². The molecule has 7 nitrogen and oxygen atoms in total. The molecule has 170 valence electrons. The van der Waals surface area contributed by atoms with Crippen molar-refractivity contribution >= 4 is 67.1 Å². The average molecular weight is 508 g/mol. The van der Waals surface area contributed by atoms with E-state index in [9.17, 15) is 9.59 Å². The van der Waals surface area contributed by atoms with Gasteiger partial charge in [-0.2, -0.15) is 5.10 Å². The normalized spacial score (nSPS) is 11.0. The largest absolute Gasteiger partial charge is 0.321 e. The minimum Gasteiger partial charge on any atom is -0.321 e. The summed E-state index contributed by atoms with van der Waals surface area (Å²) in [6.07, 6.45) is 0. The molecule has 0 atom stereocenters. The summed E-state index contributed by atoms with van der Waals surface area (Å²) >= 11 is 8.39. The van der Waals surface area contributed by atoms with Gasteiger partial charge in [0.25, 0.3) is 11.8 Å². The van der Waals surface area contributed by atoms with Crippen molar-refractivity contribution in [3.8, 4) is 5.69 Å². The first-order valence-electron chi connectivity index (χ1n) is 10.3. The monoisotopic (exact) mass is 507 g/mol. The van der Waals surface area contributed by atoms with Crippen molar-refractivity contribution in [3.05, 3.63) is 86.8 Å². The maximum Gasteiger partial charge on any atom is 0.267 e. The molecule has 0 aliphatic rings. The minimum absolute atomic E-state index is 0.279. The Morgan fingerprint density at radius 1 is 0.912 bits per heavy atom. The van der Waals surface area contributed by atoms with E-state index in [0.29, 0.717) is 31.3 Å². The number of nitrogens with zero attached hydrogens (tertiary/aromatic N) is 3. The number of para-hydroxylation sites is 1. The quantitative estimate of drug-likeness (QED) is 0.291. The van der Waals surface area contributed by atoms with Crippen LogP contribution in [0.1, 0.15) is 30.7 Å². The number of aromatic nitrogens is 3. The summed E-state index contributed by atoms with van der Waals surface area (Å²) in [5, 5.41) is 12.1. The van der Waals surface area contributed by atoms with Crippen LogP contribution >= 0.6 is 34.3 Å². The Hall–Kier alpha value is -3.53. The molecule has 0 aliphatic heterocycles. The summed E-state index contributed by atoms with van der Waals surface area (Å²) in [6, 6.07) is 18.5. The molecule has 0 spiro atoms. The Balaban J connectivity index is 1.36. The smallest absolute Gasteiger partial charge is 0.267 e. The molecule has 5 rings (SSSR count). The van der Waals surface area contributed by atoms with Crippen molar-refractivity contribution in [3.63, 3.8) is 0 Å². The molecule has 3 heterocycles. The first kappa shape index (κ1) is 22.3. The highest BCUT2D eigenvalue weighted by Gasteiger charge is 2.20. The number of thiophene rings is 1. The Morgan fingerprint density at radius 2 is 1.65 bits per heavy atom. The van der Waals surface area contributed by atoms with E-state index in [2.05, 4.69) is 20.7 Å². The molecule has 5 aromatic rings. The summed E-state index contributed by atoms with van der Waals surface area (Å²) in [7, 11) is 0. The van der Waals surface area contributed by atoms with Crippen molar-refractivity contribution in [1.82, 2.24) is 14.8 Å². The molecule has 0 radical (unpaired) electrons. The van der Waals surface area contributed by atoms with Crippen molar-refractivity contribution < 1.29 is 9.59 Å². The third kappa shape index (κ3) is 4.33. The lowest BCUT2D eigenvalue weighted by Crippen LogP contribution is -2.11. The van der Waals surface area contributed by atoms with Crippen LogP contribution in [0.4, 0.5) is 10.8 Å². The first-order valence-corrected chi connectivity index (χ1v) is 12.3. The van der Waals surface area contributed by atoms with Crippen LogP contribution in [0.25, 0.3) is 15.9 Å². The van der Waals surface area contributed by atoms with Crippen LogP contribution in [-0.4, -0.2) is 26.6 Å². The number of amides is 2. The fourth-order valence-corrected chi connectivity index (χ4v) is 5.50. The van der Waals surface area contributed by atoms with Crippen LogP contribution in [0.2, 0.25) is 5.02 Å². The third-order valence-electron chi connectivity index (χ3n) is 5.09. The summed E-state index contributed by atoms with van der Waals surface area (Å²) in [5.74, 6) is -0.572. The highest BCUT2D eigenvalue weighted by Crippen LogP contribution is 2.31. The number of carbonyl (C=O) groups excluding carboxylic acids is 2. The second-order valence-corrected chi connectivity index (χ2v) is 9.98. The van der Waals surface area contributed by atoms with Crippen molar-refractivity contribution in [2.24, 2.45) is 0 Å². The Morgan fingerprint density at radius 3 is 2.38 bits per heavy atom. The standard InChI is InChI=1S/C24H18ClN5O2S2/c1-13-18-12-19(33-23(18)30(29-13)17-6-4-3-5-7-17)21(31)28-24-26-14(2)20(34-24)22(32)27-16-10-8-15(25)9-11-16/h3-12H,1-2H3,(H,27,32)(H,26,28,31). The van der Waals surface area contributed by atoms with Crippen LogP contribution in [0, 0.1) is 13.8 Å². The van der Waals surface area contributed by atoms with Gasteiger partial charge in [-0.25, -0.2) is 9.67 Å². The zero-order valence-electron chi connectivity index (χ0n) is 18.1. The molecule has 0 saturated carbocycles. The summed E-state index contributed by atoms with van der Waals surface area (Å²) < 4.78 is 1.85. The molecule has 10 heteroatoms. The van der Waals surface area contributed by atoms with Gasteiger partial charge in [0.1, 0.15) is 9.71 Å². The molecule has 0 unspecified atom stereocenters. The predicted octanol–water partition coefficient (Wildman–Crippen LogP) is 6.32. The first-order chi connectivity index (χ1) is 16.4. The summed E-state index contributed by atoms with van der Waals surface area (Å²) in [4.78, 5) is 31.9. The maximum absolute atomic E-state index is 13.0. The molecular weight excluding hydrogens is 490 g/mol. The number of anilines is 2. The number of benzene rings is 2. The SMILES string of the molecule is Cc1nc(NC(=O)c2cc3c(C)nn(-c4ccccc4)c3s2)sc1C(=O)Nc1ccc(Cl)cc1. The molecule has 2 amide bonds. The van der Waals surface area contributed by atoms with Crippen LogP contribution < -0.4 is 10.6 Å². The summed E-state index contributed by atoms with van der Waals surface area (Å²) in [5.41, 5.74) is 2.95. The van der Waals surface area contributed by atoms with Gasteiger partial charge in [0.2, 0.25) is 0 Å². The zero-order valence-corrected chi connectivity index (χ0v) is 20.5. The van der Waals surface area contributed by atoms with E-state index in [-0.39, 0.29) is 11.8 Å². The predicted molar refractivity (Wildman–Crippen MR) is 138 cm³/mol. The molecule has 0 saturated heterocycles. The molecule has 0 fully saturated rings. The van der Waals surface area contributed by atoms with Crippen LogP contribution in [0.5, 0.6) is 0 Å². The van der Waals surface area contributed by atoms with Gasteiger partial charge in [0.05, 0.1) is 22.0 Å². The molecular formula is C24H18ClN5O2S2. The van der Waals surface area contributed by atoms with Gasteiger partial charge in [0.15, 0.2) is 5.13 Å². The topological polar surface area (TPSA) is 88.9 Å². The molecule has 2 N–H and O–H groups in total. The van der Waals surface area contributed by atoms with Gasteiger partial charge in [-0.05, 0) is 56.3 Å². The summed E-state index contributed by atoms with van der Waals surface area (Å²) in [6.45, 7) is 3.66. The van der Waals surface area contributed by atoms with Gasteiger partial charge in [-0.1, -0.05) is 41.1 Å². The average Bonchev–Trinajstić information content (AvgIpc) is 3.50. The molecule has 2 aromatic carbocycles. The fourth-order valence-electron chi connectivity index (χ4n) is 3.44. The van der Waals surface area contributed by atoms with Crippen LogP contribution in [-0.2, 0) is 0 Å². The number of hydrogen-bond donors (Lipinski definition) is 2. The Bertz CT molecular complexity index is 1520. The number of halogens is 1. The number of nitrogens with one attached hydrogen (secondary N) is 2. The van der Waals surface area contributed by atoms with Crippen molar-refractivity contribution in [2.75, 3.05) is 10.6 Å². The third-order valence-corrected chi connectivity index (χ3v) is 7.53. The second kappa shape index (κ2) is 9.02. The van der Waals surface area contributed by atoms with E-state index in [1.165, 1.54) is 11.3 Å². The van der Waals surface area contributed by atoms with E-state index >= 15 is 0 Å². The van der Waals surface area contributed by atoms with Gasteiger partial charge in [0, 0.05) is 16.1 Å². The Kier molecular flexibility index (Phi) is 5.91. The van der Waals surface area contributed by atoms with E-state index in [1.54, 1.807) is 31.2 Å². The number of hydrogen-bond acceptors (Lipinski definition) is 6. The van der Waals surface area contributed by atoms with Gasteiger partial charge >= 0.3 is 0 Å². The van der Waals surface area contributed by atoms with Gasteiger partial charge in [-0.15, -0.1) is 11.3 Å². The zero-order chi connectivity index (χ0) is 23.8. The second-order valence-electron chi connectivity index (χ2n) is 7.51. The lowest BCUT2D eigenvalue weighted by Gasteiger charge is -2.03. The van der Waals surface area contributed by atoms with E-state index in [1.807, 2.05) is 48.0 Å². The van der Waals surface area contributed by atoms with Crippen LogP contribution in [0.3, 0.4) is 0 Å². The number of aryl methyl sites for hydroxylation is 2. The van der Waals surface area contributed by atoms with Crippen LogP contribution in [0.15, 0.2) is 60.7 Å². The van der Waals surface area contributed by atoms with Crippen molar-refractivity contribution in [2.45, 2.75) is 13.8 Å². The van der Waals surface area contributed by atoms with E-state index in [0.717, 1.165) is 32.9 Å². The lowest BCUT2D eigenvalue weighted by molar-refractivity contribution is 0.102. The number of fused-ring (bicyclic) bond motifs is 1. The molecule has 0 bridgehead atoms. The molecule has 34 heavy (non-hydrogen) atoms. The van der Waals surface area contributed by atoms with Gasteiger partial charge in [-0.3, -0.25) is 14.9 Å². The fraction of sp³-hybridized carbons (Fsp3) is 0.0833. The number of carbonyl (C=O) groups is 2. The van der Waals surface area contributed by atoms with E-state index < -0.39 is 0 Å². The maximum atomic E-state index is 13.0. The lowest BCUT2D eigenvalue weighted by atomic mass is 10.3. The highest BCUT2D eigenvalue weighted by molar-refractivity contribution is 7.21. The number of thiazole rings is 1. The minimum atomic E-state index is -0.293. The molecule has 3 aromatic heterocycles. The highest BCUT2D eigenvalue weighted by atomic mass is 35.5. The molecule has 0 aliphatic carbocycles. The van der Waals surface area contributed by atoms with Crippen molar-refractivity contribution in [1.29, 1.82) is 0 Å². The van der Waals surface area contributed by atoms with E-state index in [4.69, 9.17) is 11.6 Å². The van der Waals surface area contributed by atoms with Gasteiger partial charge < -0.3 is 5.32 Å². The number of rotatable bonds is 5.